The van der Waals surface area contributed by atoms with Gasteiger partial charge in [-0.15, -0.1) is 0 Å². The Morgan fingerprint density at radius 3 is 2.52 bits per heavy atom. The Morgan fingerprint density at radius 1 is 1.29 bits per heavy atom. The maximum absolute atomic E-state index is 14.3. The van der Waals surface area contributed by atoms with E-state index >= 15 is 0 Å². The molecule has 4 rings (SSSR count). The molecule has 3 heterocycles. The minimum Gasteiger partial charge on any atom is -0.465 e. The smallest absolute Gasteiger partial charge is 0.341 e. The number of aryl methyl sites for hydroxylation is 1. The average molecular weight is 292 g/mol. The third kappa shape index (κ3) is 2.39. The van der Waals surface area contributed by atoms with E-state index in [1.165, 1.54) is 19.6 Å². The van der Waals surface area contributed by atoms with E-state index in [0.29, 0.717) is 17.6 Å². The fourth-order valence-corrected chi connectivity index (χ4v) is 3.61. The Morgan fingerprint density at radius 2 is 2.00 bits per heavy atom. The number of likely N-dealkylation sites (N-methyl/N-ethyl adjacent to an activating group) is 1. The van der Waals surface area contributed by atoms with E-state index in [-0.39, 0.29) is 5.56 Å². The SMILES string of the molecule is COC(=O)c1c(C)cc(N2CC3CCC2CN3C)cc1F. The minimum absolute atomic E-state index is 0.0422. The number of hydrogen-bond acceptors (Lipinski definition) is 4. The van der Waals surface area contributed by atoms with Crippen LogP contribution < -0.4 is 4.90 Å². The number of benzene rings is 1. The lowest BCUT2D eigenvalue weighted by molar-refractivity contribution is 0.0594. The van der Waals surface area contributed by atoms with Crippen molar-refractivity contribution in [2.24, 2.45) is 0 Å². The molecule has 0 aromatic heterocycles. The number of hydrogen-bond donors (Lipinski definition) is 0. The van der Waals surface area contributed by atoms with Gasteiger partial charge in [0, 0.05) is 30.9 Å². The molecule has 0 saturated carbocycles. The van der Waals surface area contributed by atoms with Crippen LogP contribution in [0.1, 0.15) is 28.8 Å². The number of halogens is 1. The van der Waals surface area contributed by atoms with Crippen LogP contribution in [0.25, 0.3) is 0 Å². The number of methoxy groups -OCH3 is 1. The van der Waals surface area contributed by atoms with E-state index in [1.807, 2.05) is 6.07 Å². The van der Waals surface area contributed by atoms with Crippen molar-refractivity contribution in [1.29, 1.82) is 0 Å². The Kier molecular flexibility index (Phi) is 3.61. The number of piperazine rings is 1. The van der Waals surface area contributed by atoms with Crippen molar-refractivity contribution in [3.05, 3.63) is 29.1 Å². The van der Waals surface area contributed by atoms with Crippen molar-refractivity contribution in [3.63, 3.8) is 0 Å². The maximum atomic E-state index is 14.3. The normalized spacial score (nSPS) is 25.2. The quantitative estimate of drug-likeness (QED) is 0.782. The first-order valence-electron chi connectivity index (χ1n) is 7.36. The third-order valence-corrected chi connectivity index (χ3v) is 4.80. The van der Waals surface area contributed by atoms with Crippen molar-refractivity contribution >= 4 is 11.7 Å². The van der Waals surface area contributed by atoms with Crippen molar-refractivity contribution < 1.29 is 13.9 Å². The molecule has 21 heavy (non-hydrogen) atoms. The predicted octanol–water partition coefficient (Wildman–Crippen LogP) is 2.20. The first-order chi connectivity index (χ1) is 10.0. The molecule has 2 bridgehead atoms. The molecule has 2 unspecified atom stereocenters. The van der Waals surface area contributed by atoms with Crippen LogP contribution >= 0.6 is 0 Å². The lowest BCUT2D eigenvalue weighted by atomic mass is 9.90. The lowest BCUT2D eigenvalue weighted by Crippen LogP contribution is -2.61. The fraction of sp³-hybridized carbons (Fsp3) is 0.562. The molecule has 3 saturated heterocycles. The lowest BCUT2D eigenvalue weighted by Gasteiger charge is -2.51. The van der Waals surface area contributed by atoms with Gasteiger partial charge in [0.15, 0.2) is 0 Å². The molecule has 3 fully saturated rings. The summed E-state index contributed by atoms with van der Waals surface area (Å²) in [6, 6.07) is 4.34. The summed E-state index contributed by atoms with van der Waals surface area (Å²) in [6.45, 7) is 3.70. The van der Waals surface area contributed by atoms with Crippen LogP contribution in [0.2, 0.25) is 0 Å². The van der Waals surface area contributed by atoms with Gasteiger partial charge in [-0.1, -0.05) is 0 Å². The van der Waals surface area contributed by atoms with E-state index in [1.54, 1.807) is 6.92 Å². The Labute approximate surface area is 124 Å². The van der Waals surface area contributed by atoms with Crippen molar-refractivity contribution in [1.82, 2.24) is 4.90 Å². The molecule has 3 aliphatic heterocycles. The number of nitrogens with zero attached hydrogens (tertiary/aromatic N) is 2. The molecule has 0 amide bonds. The van der Waals surface area contributed by atoms with Crippen LogP contribution in [-0.4, -0.2) is 50.2 Å². The largest absolute Gasteiger partial charge is 0.465 e. The highest BCUT2D eigenvalue weighted by Gasteiger charge is 2.37. The van der Waals surface area contributed by atoms with Gasteiger partial charge in [0.05, 0.1) is 12.7 Å². The van der Waals surface area contributed by atoms with Gasteiger partial charge >= 0.3 is 5.97 Å². The number of carbonyl (C=O) groups excluding carboxylic acids is 1. The zero-order valence-corrected chi connectivity index (χ0v) is 12.7. The summed E-state index contributed by atoms with van der Waals surface area (Å²) in [5, 5.41) is 0. The molecular weight excluding hydrogens is 271 g/mol. The highest BCUT2D eigenvalue weighted by atomic mass is 19.1. The topological polar surface area (TPSA) is 32.8 Å². The molecule has 1 aromatic rings. The second kappa shape index (κ2) is 5.30. The highest BCUT2D eigenvalue weighted by Crippen LogP contribution is 2.33. The van der Waals surface area contributed by atoms with Crippen LogP contribution in [0.4, 0.5) is 10.1 Å². The van der Waals surface area contributed by atoms with Crippen LogP contribution in [0.5, 0.6) is 0 Å². The molecule has 114 valence electrons. The Balaban J connectivity index is 1.92. The van der Waals surface area contributed by atoms with Gasteiger partial charge in [-0.25, -0.2) is 9.18 Å². The molecular formula is C16H21FN2O2. The molecule has 4 nitrogen and oxygen atoms in total. The zero-order valence-electron chi connectivity index (χ0n) is 12.7. The Bertz CT molecular complexity index is 552. The Hall–Kier alpha value is -1.62. The molecule has 0 radical (unpaired) electrons. The first kappa shape index (κ1) is 14.3. The van der Waals surface area contributed by atoms with Crippen molar-refractivity contribution in [3.8, 4) is 0 Å². The number of piperidine rings is 2. The average Bonchev–Trinajstić information content (AvgIpc) is 2.46. The minimum atomic E-state index is -0.614. The van der Waals surface area contributed by atoms with E-state index in [4.69, 9.17) is 0 Å². The molecule has 5 heteroatoms. The highest BCUT2D eigenvalue weighted by molar-refractivity contribution is 5.91. The third-order valence-electron chi connectivity index (χ3n) is 4.80. The summed E-state index contributed by atoms with van der Waals surface area (Å²) in [4.78, 5) is 16.3. The number of carbonyl (C=O) groups is 1. The number of fused-ring (bicyclic) bond motifs is 3. The van der Waals surface area contributed by atoms with Gasteiger partial charge in [0.1, 0.15) is 5.82 Å². The summed E-state index contributed by atoms with van der Waals surface area (Å²) >= 11 is 0. The molecule has 0 spiro atoms. The van der Waals surface area contributed by atoms with Crippen LogP contribution in [0.15, 0.2) is 12.1 Å². The molecule has 2 atom stereocenters. The van der Waals surface area contributed by atoms with Gasteiger partial charge < -0.3 is 9.64 Å². The van der Waals surface area contributed by atoms with E-state index in [9.17, 15) is 9.18 Å². The summed E-state index contributed by atoms with van der Waals surface area (Å²) in [5.41, 5.74) is 1.55. The van der Waals surface area contributed by atoms with Crippen molar-refractivity contribution in [2.45, 2.75) is 31.8 Å². The van der Waals surface area contributed by atoms with Crippen LogP contribution in [0, 0.1) is 12.7 Å². The molecule has 0 aliphatic carbocycles. The number of esters is 1. The maximum Gasteiger partial charge on any atom is 0.341 e. The van der Waals surface area contributed by atoms with Crippen LogP contribution in [0.3, 0.4) is 0 Å². The summed E-state index contributed by atoms with van der Waals surface area (Å²) in [6.07, 6.45) is 2.35. The van der Waals surface area contributed by atoms with Gasteiger partial charge in [-0.05, 0) is 44.5 Å². The van der Waals surface area contributed by atoms with Gasteiger partial charge in [-0.3, -0.25) is 4.90 Å². The summed E-state index contributed by atoms with van der Waals surface area (Å²) in [7, 11) is 3.43. The molecule has 3 aliphatic rings. The monoisotopic (exact) mass is 292 g/mol. The number of rotatable bonds is 2. The number of anilines is 1. The van der Waals surface area contributed by atoms with E-state index in [0.717, 1.165) is 25.2 Å². The zero-order chi connectivity index (χ0) is 15.1. The van der Waals surface area contributed by atoms with E-state index < -0.39 is 11.8 Å². The predicted molar refractivity (Wildman–Crippen MR) is 79.3 cm³/mol. The standard InChI is InChI=1S/C16H21FN2O2/c1-10-6-13(7-14(17)15(10)16(20)21-3)19-9-11-4-5-12(19)8-18(11)2/h6-7,11-12H,4-5,8-9H2,1-3H3. The summed E-state index contributed by atoms with van der Waals surface area (Å²) < 4.78 is 18.9. The molecule has 1 aromatic carbocycles. The van der Waals surface area contributed by atoms with Gasteiger partial charge in [0.2, 0.25) is 0 Å². The fourth-order valence-electron chi connectivity index (χ4n) is 3.61. The van der Waals surface area contributed by atoms with Gasteiger partial charge in [-0.2, -0.15) is 0 Å². The molecule has 0 N–H and O–H groups in total. The van der Waals surface area contributed by atoms with Crippen molar-refractivity contribution in [2.75, 3.05) is 32.1 Å². The summed E-state index contributed by atoms with van der Waals surface area (Å²) in [5.74, 6) is -1.11. The second-order valence-electron chi connectivity index (χ2n) is 6.09. The second-order valence-corrected chi connectivity index (χ2v) is 6.09. The number of ether oxygens (including phenoxy) is 1. The van der Waals surface area contributed by atoms with Crippen LogP contribution in [-0.2, 0) is 4.74 Å². The van der Waals surface area contributed by atoms with Gasteiger partial charge in [0.25, 0.3) is 0 Å². The van der Waals surface area contributed by atoms with E-state index in [2.05, 4.69) is 21.6 Å². The first-order valence-corrected chi connectivity index (χ1v) is 7.36.